The Morgan fingerprint density at radius 1 is 1.03 bits per heavy atom. The summed E-state index contributed by atoms with van der Waals surface area (Å²) in [4.78, 5) is 39.7. The number of carbonyl (C=O) groups is 3. The summed E-state index contributed by atoms with van der Waals surface area (Å²) in [7, 11) is 0. The Morgan fingerprint density at radius 3 is 2.35 bits per heavy atom. The Labute approximate surface area is 185 Å². The van der Waals surface area contributed by atoms with Gasteiger partial charge in [0.25, 0.3) is 0 Å². The molecular formula is C24H25NO5S. The summed E-state index contributed by atoms with van der Waals surface area (Å²) in [6.07, 6.45) is 0.113. The number of thioether (sulfide) groups is 1. The molecule has 162 valence electrons. The third-order valence-corrected chi connectivity index (χ3v) is 7.22. The van der Waals surface area contributed by atoms with E-state index in [0.29, 0.717) is 5.75 Å². The van der Waals surface area contributed by atoms with Crippen molar-refractivity contribution >= 4 is 29.4 Å². The van der Waals surface area contributed by atoms with Crippen molar-refractivity contribution in [1.82, 2.24) is 4.90 Å². The molecule has 31 heavy (non-hydrogen) atoms. The monoisotopic (exact) mass is 439 g/mol. The van der Waals surface area contributed by atoms with Crippen LogP contribution in [-0.2, 0) is 25.7 Å². The largest absolute Gasteiger partial charge is 0.486 e. The highest BCUT2D eigenvalue weighted by Crippen LogP contribution is 2.54. The molecule has 2 aliphatic heterocycles. The maximum atomic E-state index is 12.8. The quantitative estimate of drug-likeness (QED) is 0.463. The van der Waals surface area contributed by atoms with Crippen LogP contribution in [-0.4, -0.2) is 45.3 Å². The lowest BCUT2D eigenvalue weighted by molar-refractivity contribution is -0.168. The average molecular weight is 440 g/mol. The van der Waals surface area contributed by atoms with Crippen molar-refractivity contribution in [2.24, 2.45) is 5.92 Å². The van der Waals surface area contributed by atoms with Gasteiger partial charge in [-0.1, -0.05) is 48.5 Å². The second-order valence-corrected chi connectivity index (χ2v) is 10.1. The van der Waals surface area contributed by atoms with Crippen LogP contribution in [0.4, 0.5) is 0 Å². The average Bonchev–Trinajstić information content (AvgIpc) is 3.03. The van der Waals surface area contributed by atoms with Crippen molar-refractivity contribution in [3.05, 3.63) is 66.2 Å². The molecule has 2 heterocycles. The molecule has 4 rings (SSSR count). The molecule has 1 amide bonds. The number of nitrogens with zero attached hydrogens (tertiary/aromatic N) is 1. The van der Waals surface area contributed by atoms with Gasteiger partial charge in [0.05, 0.1) is 11.3 Å². The van der Waals surface area contributed by atoms with E-state index in [0.717, 1.165) is 5.56 Å². The molecule has 2 fully saturated rings. The number of benzene rings is 2. The number of ether oxygens (including phenoxy) is 2. The van der Waals surface area contributed by atoms with Crippen LogP contribution in [0.15, 0.2) is 60.7 Å². The van der Waals surface area contributed by atoms with Gasteiger partial charge >= 0.3 is 5.97 Å². The van der Waals surface area contributed by atoms with E-state index in [-0.39, 0.29) is 36.7 Å². The minimum absolute atomic E-state index is 0.0723. The molecule has 0 radical (unpaired) electrons. The SMILES string of the molecule is CC1(C)S[C@@H]2[C@H](CC(=O)COc3ccccc3)C(=O)N2[C@H]1C(=O)OCc1ccccc1. The number of ketones is 1. The highest BCUT2D eigenvalue weighted by molar-refractivity contribution is 8.01. The highest BCUT2D eigenvalue weighted by Gasteiger charge is 2.64. The minimum Gasteiger partial charge on any atom is -0.486 e. The van der Waals surface area contributed by atoms with E-state index in [1.807, 2.05) is 62.4 Å². The number of β-lactam (4-membered cyclic amide) rings is 1. The van der Waals surface area contributed by atoms with Gasteiger partial charge in [0.15, 0.2) is 5.78 Å². The van der Waals surface area contributed by atoms with Crippen molar-refractivity contribution in [3.63, 3.8) is 0 Å². The van der Waals surface area contributed by atoms with Gasteiger partial charge in [-0.25, -0.2) is 4.79 Å². The van der Waals surface area contributed by atoms with Crippen molar-refractivity contribution in [2.45, 2.75) is 43.0 Å². The second kappa shape index (κ2) is 8.75. The van der Waals surface area contributed by atoms with Crippen LogP contribution in [0.5, 0.6) is 5.75 Å². The molecule has 2 aliphatic rings. The first-order valence-corrected chi connectivity index (χ1v) is 11.1. The van der Waals surface area contributed by atoms with E-state index >= 15 is 0 Å². The number of rotatable bonds is 8. The van der Waals surface area contributed by atoms with Crippen molar-refractivity contribution < 1.29 is 23.9 Å². The summed E-state index contributed by atoms with van der Waals surface area (Å²) < 4.78 is 10.5. The highest BCUT2D eigenvalue weighted by atomic mass is 32.2. The predicted octanol–water partition coefficient (Wildman–Crippen LogP) is 3.45. The number of carbonyl (C=O) groups excluding carboxylic acids is 3. The summed E-state index contributed by atoms with van der Waals surface area (Å²) >= 11 is 1.56. The Kier molecular flexibility index (Phi) is 6.05. The molecule has 2 aromatic rings. The zero-order chi connectivity index (χ0) is 22.0. The smallest absolute Gasteiger partial charge is 0.330 e. The van der Waals surface area contributed by atoms with E-state index in [4.69, 9.17) is 9.47 Å². The van der Waals surface area contributed by atoms with Crippen molar-refractivity contribution in [1.29, 1.82) is 0 Å². The fourth-order valence-electron chi connectivity index (χ4n) is 4.05. The lowest BCUT2D eigenvalue weighted by Crippen LogP contribution is -2.63. The van der Waals surface area contributed by atoms with Crippen LogP contribution in [0.1, 0.15) is 25.8 Å². The zero-order valence-corrected chi connectivity index (χ0v) is 18.3. The number of esters is 1. The van der Waals surface area contributed by atoms with E-state index in [9.17, 15) is 14.4 Å². The molecule has 2 saturated heterocycles. The van der Waals surface area contributed by atoms with Crippen LogP contribution in [0.25, 0.3) is 0 Å². The van der Waals surface area contributed by atoms with Crippen LogP contribution < -0.4 is 4.74 Å². The maximum absolute atomic E-state index is 12.8. The van der Waals surface area contributed by atoms with E-state index in [2.05, 4.69) is 0 Å². The number of amides is 1. The Bertz CT molecular complexity index is 962. The number of hydrogen-bond acceptors (Lipinski definition) is 6. The minimum atomic E-state index is -0.661. The predicted molar refractivity (Wildman–Crippen MR) is 117 cm³/mol. The zero-order valence-electron chi connectivity index (χ0n) is 17.5. The van der Waals surface area contributed by atoms with Gasteiger partial charge in [0, 0.05) is 11.2 Å². The first-order chi connectivity index (χ1) is 14.9. The number of para-hydroxylation sites is 1. The van der Waals surface area contributed by atoms with Gasteiger partial charge in [-0.3, -0.25) is 9.59 Å². The molecular weight excluding hydrogens is 414 g/mol. The topological polar surface area (TPSA) is 72.9 Å². The standard InChI is InChI=1S/C24H25NO5S/c1-24(2)20(23(28)30-14-16-9-5-3-6-10-16)25-21(27)19(22(25)31-24)13-17(26)15-29-18-11-7-4-8-12-18/h3-12,19-20,22H,13-15H2,1-2H3/t19-,20+,22-/m1/s1. The molecule has 0 aromatic heterocycles. The summed E-state index contributed by atoms with van der Waals surface area (Å²) in [5.74, 6) is -0.513. The summed E-state index contributed by atoms with van der Waals surface area (Å²) in [5, 5.41) is -0.197. The first-order valence-electron chi connectivity index (χ1n) is 10.3. The van der Waals surface area contributed by atoms with Gasteiger partial charge < -0.3 is 14.4 Å². The van der Waals surface area contributed by atoms with Gasteiger partial charge in [-0.15, -0.1) is 11.8 Å². The fraction of sp³-hybridized carbons (Fsp3) is 0.375. The molecule has 0 bridgehead atoms. The Hall–Kier alpha value is -2.80. The van der Waals surface area contributed by atoms with E-state index < -0.39 is 22.7 Å². The van der Waals surface area contributed by atoms with E-state index in [1.54, 1.807) is 28.8 Å². The third-order valence-electron chi connectivity index (χ3n) is 5.59. The molecule has 3 atom stereocenters. The van der Waals surface area contributed by atoms with Gasteiger partial charge in [-0.05, 0) is 31.5 Å². The van der Waals surface area contributed by atoms with Crippen LogP contribution in [0.3, 0.4) is 0 Å². The second-order valence-electron chi connectivity index (χ2n) is 8.30. The van der Waals surface area contributed by atoms with E-state index in [1.165, 1.54) is 0 Å². The van der Waals surface area contributed by atoms with Crippen LogP contribution in [0, 0.1) is 5.92 Å². The Balaban J connectivity index is 1.34. The summed E-state index contributed by atoms with van der Waals surface area (Å²) in [5.41, 5.74) is 0.896. The molecule has 0 saturated carbocycles. The van der Waals surface area contributed by atoms with Crippen molar-refractivity contribution in [2.75, 3.05) is 6.61 Å². The van der Waals surface area contributed by atoms with Gasteiger partial charge in [-0.2, -0.15) is 0 Å². The summed E-state index contributed by atoms with van der Waals surface area (Å²) in [6.45, 7) is 3.98. The number of Topliss-reactive ketones (excluding diaryl/α,β-unsaturated/α-hetero) is 1. The third kappa shape index (κ3) is 4.46. The number of hydrogen-bond donors (Lipinski definition) is 0. The Morgan fingerprint density at radius 2 is 1.68 bits per heavy atom. The first kappa shape index (κ1) is 21.4. The lowest BCUT2D eigenvalue weighted by Gasteiger charge is -2.43. The molecule has 6 nitrogen and oxygen atoms in total. The molecule has 2 aromatic carbocycles. The summed E-state index contributed by atoms with van der Waals surface area (Å²) in [6, 6.07) is 17.9. The molecule has 0 aliphatic carbocycles. The van der Waals surface area contributed by atoms with Crippen LogP contribution in [0.2, 0.25) is 0 Å². The van der Waals surface area contributed by atoms with Gasteiger partial charge in [0.1, 0.15) is 25.0 Å². The molecule has 0 unspecified atom stereocenters. The molecule has 7 heteroatoms. The molecule has 0 N–H and O–H groups in total. The number of fused-ring (bicyclic) bond motifs is 1. The lowest BCUT2D eigenvalue weighted by atomic mass is 9.88. The van der Waals surface area contributed by atoms with Crippen molar-refractivity contribution in [3.8, 4) is 5.75 Å². The van der Waals surface area contributed by atoms with Crippen LogP contribution >= 0.6 is 11.8 Å². The maximum Gasteiger partial charge on any atom is 0.330 e. The normalized spacial score (nSPS) is 23.6. The van der Waals surface area contributed by atoms with Gasteiger partial charge in [0.2, 0.25) is 5.91 Å². The fourth-order valence-corrected chi connectivity index (χ4v) is 5.73. The molecule has 0 spiro atoms.